The summed E-state index contributed by atoms with van der Waals surface area (Å²) in [6.07, 6.45) is 0. The molecular formula is C18H18O8. The molecule has 0 amide bonds. The Hall–Kier alpha value is -3.42. The lowest BCUT2D eigenvalue weighted by atomic mass is 9.92. The molecule has 8 heteroatoms. The SMILES string of the molecule is COC(=O)c1ccc(OC)c(O)c1-c1c(C(=O)OC)ccc(OC)c1O. The highest BCUT2D eigenvalue weighted by molar-refractivity contribution is 6.07. The summed E-state index contributed by atoms with van der Waals surface area (Å²) in [6, 6.07) is 5.42. The van der Waals surface area contributed by atoms with Crippen molar-refractivity contribution in [3.8, 4) is 34.1 Å². The van der Waals surface area contributed by atoms with Gasteiger partial charge in [-0.25, -0.2) is 9.59 Å². The lowest BCUT2D eigenvalue weighted by Gasteiger charge is -2.18. The second-order valence-electron chi connectivity index (χ2n) is 5.06. The summed E-state index contributed by atoms with van der Waals surface area (Å²) in [5.74, 6) is -2.41. The number of aromatic hydroxyl groups is 2. The van der Waals surface area contributed by atoms with Gasteiger partial charge in [0.2, 0.25) is 0 Å². The Morgan fingerprint density at radius 1 is 0.692 bits per heavy atom. The van der Waals surface area contributed by atoms with Gasteiger partial charge in [-0.2, -0.15) is 0 Å². The molecule has 0 spiro atoms. The maximum atomic E-state index is 12.2. The zero-order valence-electron chi connectivity index (χ0n) is 14.7. The molecule has 0 aliphatic rings. The second-order valence-corrected chi connectivity index (χ2v) is 5.06. The van der Waals surface area contributed by atoms with Gasteiger partial charge in [-0.3, -0.25) is 0 Å². The summed E-state index contributed by atoms with van der Waals surface area (Å²) >= 11 is 0. The number of hydrogen-bond acceptors (Lipinski definition) is 8. The van der Waals surface area contributed by atoms with E-state index in [1.165, 1.54) is 52.7 Å². The lowest BCUT2D eigenvalue weighted by Crippen LogP contribution is -2.09. The predicted molar refractivity (Wildman–Crippen MR) is 91.0 cm³/mol. The zero-order valence-corrected chi connectivity index (χ0v) is 14.7. The van der Waals surface area contributed by atoms with Crippen LogP contribution in [0.3, 0.4) is 0 Å². The summed E-state index contributed by atoms with van der Waals surface area (Å²) < 4.78 is 19.6. The summed E-state index contributed by atoms with van der Waals surface area (Å²) in [4.78, 5) is 24.3. The molecule has 0 aromatic heterocycles. The van der Waals surface area contributed by atoms with Crippen LogP contribution < -0.4 is 9.47 Å². The average Bonchev–Trinajstić information content (AvgIpc) is 2.66. The van der Waals surface area contributed by atoms with Gasteiger partial charge in [0.05, 0.1) is 39.6 Å². The molecule has 2 aromatic rings. The molecule has 2 rings (SSSR count). The maximum Gasteiger partial charge on any atom is 0.338 e. The molecular weight excluding hydrogens is 344 g/mol. The van der Waals surface area contributed by atoms with Gasteiger partial charge < -0.3 is 29.2 Å². The molecule has 26 heavy (non-hydrogen) atoms. The molecule has 0 aliphatic heterocycles. The van der Waals surface area contributed by atoms with E-state index in [1.807, 2.05) is 0 Å². The van der Waals surface area contributed by atoms with E-state index in [0.29, 0.717) is 0 Å². The number of carbonyl (C=O) groups excluding carboxylic acids is 2. The van der Waals surface area contributed by atoms with Crippen molar-refractivity contribution in [2.24, 2.45) is 0 Å². The van der Waals surface area contributed by atoms with E-state index in [9.17, 15) is 19.8 Å². The first-order valence-corrected chi connectivity index (χ1v) is 7.38. The maximum absolute atomic E-state index is 12.2. The van der Waals surface area contributed by atoms with Gasteiger partial charge in [0.1, 0.15) is 0 Å². The largest absolute Gasteiger partial charge is 0.504 e. The van der Waals surface area contributed by atoms with Gasteiger partial charge in [0.25, 0.3) is 0 Å². The highest BCUT2D eigenvalue weighted by Gasteiger charge is 2.29. The molecule has 2 N–H and O–H groups in total. The minimum atomic E-state index is -0.781. The first kappa shape index (κ1) is 18.9. The number of methoxy groups -OCH3 is 4. The average molecular weight is 362 g/mol. The van der Waals surface area contributed by atoms with Crippen LogP contribution >= 0.6 is 0 Å². The fourth-order valence-electron chi connectivity index (χ4n) is 2.54. The Morgan fingerprint density at radius 3 is 1.31 bits per heavy atom. The molecule has 0 heterocycles. The van der Waals surface area contributed by atoms with E-state index in [4.69, 9.17) is 18.9 Å². The van der Waals surface area contributed by atoms with Crippen LogP contribution in [0.1, 0.15) is 20.7 Å². The Balaban J connectivity index is 2.98. The van der Waals surface area contributed by atoms with E-state index in [1.54, 1.807) is 0 Å². The third kappa shape index (κ3) is 3.08. The summed E-state index contributed by atoms with van der Waals surface area (Å²) in [6.45, 7) is 0. The van der Waals surface area contributed by atoms with Crippen LogP contribution in [0, 0.1) is 0 Å². The van der Waals surface area contributed by atoms with Crippen molar-refractivity contribution in [1.29, 1.82) is 0 Å². The number of phenolic OH excluding ortho intramolecular Hbond substituents is 2. The van der Waals surface area contributed by atoms with Crippen LogP contribution in [0.2, 0.25) is 0 Å². The fourth-order valence-corrected chi connectivity index (χ4v) is 2.54. The molecule has 138 valence electrons. The molecule has 0 atom stereocenters. The van der Waals surface area contributed by atoms with Crippen LogP contribution in [0.25, 0.3) is 11.1 Å². The normalized spacial score (nSPS) is 10.2. The van der Waals surface area contributed by atoms with E-state index in [-0.39, 0.29) is 33.8 Å². The zero-order chi connectivity index (χ0) is 19.4. The van der Waals surface area contributed by atoms with Gasteiger partial charge in [-0.1, -0.05) is 0 Å². The first-order valence-electron chi connectivity index (χ1n) is 7.38. The third-order valence-corrected chi connectivity index (χ3v) is 3.78. The lowest BCUT2D eigenvalue weighted by molar-refractivity contribution is 0.0589. The van der Waals surface area contributed by atoms with Crippen molar-refractivity contribution >= 4 is 11.9 Å². The topological polar surface area (TPSA) is 112 Å². The second kappa shape index (κ2) is 7.64. The van der Waals surface area contributed by atoms with Crippen molar-refractivity contribution in [2.75, 3.05) is 28.4 Å². The predicted octanol–water partition coefficient (Wildman–Crippen LogP) is 2.36. The standard InChI is InChI=1S/C18H18O8/c1-23-11-7-5-9(17(21)25-3)13(15(11)19)14-10(18(22)26-4)6-8-12(24-2)16(14)20/h5-8,19-20H,1-4H3. The number of phenols is 2. The summed E-state index contributed by atoms with van der Waals surface area (Å²) in [7, 11) is 4.98. The molecule has 0 unspecified atom stereocenters. The number of esters is 2. The summed E-state index contributed by atoms with van der Waals surface area (Å²) in [5, 5.41) is 21.2. The molecule has 0 radical (unpaired) electrons. The molecule has 0 saturated heterocycles. The van der Waals surface area contributed by atoms with Crippen molar-refractivity contribution in [2.45, 2.75) is 0 Å². The van der Waals surface area contributed by atoms with Crippen LogP contribution in [0.5, 0.6) is 23.0 Å². The van der Waals surface area contributed by atoms with Crippen LogP contribution in [-0.2, 0) is 9.47 Å². The van der Waals surface area contributed by atoms with Gasteiger partial charge in [-0.15, -0.1) is 0 Å². The summed E-state index contributed by atoms with van der Waals surface area (Å²) in [5.41, 5.74) is -0.458. The Kier molecular flexibility index (Phi) is 5.56. The van der Waals surface area contributed by atoms with Gasteiger partial charge in [-0.05, 0) is 24.3 Å². The molecule has 0 bridgehead atoms. The Bertz CT molecular complexity index is 785. The van der Waals surface area contributed by atoms with Crippen LogP contribution in [0.15, 0.2) is 24.3 Å². The van der Waals surface area contributed by atoms with Crippen molar-refractivity contribution in [3.05, 3.63) is 35.4 Å². The molecule has 0 aliphatic carbocycles. The first-order chi connectivity index (χ1) is 12.4. The molecule has 2 aromatic carbocycles. The smallest absolute Gasteiger partial charge is 0.338 e. The van der Waals surface area contributed by atoms with Gasteiger partial charge >= 0.3 is 11.9 Å². The highest BCUT2D eigenvalue weighted by Crippen LogP contribution is 2.48. The highest BCUT2D eigenvalue weighted by atomic mass is 16.5. The van der Waals surface area contributed by atoms with Crippen molar-refractivity contribution in [3.63, 3.8) is 0 Å². The van der Waals surface area contributed by atoms with E-state index >= 15 is 0 Å². The quantitative estimate of drug-likeness (QED) is 0.780. The molecule has 8 nitrogen and oxygen atoms in total. The molecule has 0 saturated carbocycles. The van der Waals surface area contributed by atoms with Crippen LogP contribution in [0.4, 0.5) is 0 Å². The number of benzene rings is 2. The third-order valence-electron chi connectivity index (χ3n) is 3.78. The Labute approximate surface area is 149 Å². The van der Waals surface area contributed by atoms with Crippen LogP contribution in [-0.4, -0.2) is 50.6 Å². The van der Waals surface area contributed by atoms with E-state index in [2.05, 4.69) is 0 Å². The molecule has 0 fully saturated rings. The van der Waals surface area contributed by atoms with Gasteiger partial charge in [0.15, 0.2) is 23.0 Å². The monoisotopic (exact) mass is 362 g/mol. The minimum Gasteiger partial charge on any atom is -0.504 e. The fraction of sp³-hybridized carbons (Fsp3) is 0.222. The number of hydrogen-bond donors (Lipinski definition) is 2. The van der Waals surface area contributed by atoms with Crippen molar-refractivity contribution in [1.82, 2.24) is 0 Å². The number of rotatable bonds is 5. The van der Waals surface area contributed by atoms with E-state index < -0.39 is 23.4 Å². The Morgan fingerprint density at radius 2 is 1.04 bits per heavy atom. The van der Waals surface area contributed by atoms with Gasteiger partial charge in [0, 0.05) is 11.1 Å². The van der Waals surface area contributed by atoms with Crippen molar-refractivity contribution < 1.29 is 38.7 Å². The minimum absolute atomic E-state index is 0.0330. The number of ether oxygens (including phenoxy) is 4. The number of carbonyl (C=O) groups is 2. The van der Waals surface area contributed by atoms with E-state index in [0.717, 1.165) is 0 Å².